The van der Waals surface area contributed by atoms with Crippen molar-refractivity contribution in [2.45, 2.75) is 0 Å². The summed E-state index contributed by atoms with van der Waals surface area (Å²) < 4.78 is 29.5. The van der Waals surface area contributed by atoms with Crippen molar-refractivity contribution in [3.8, 4) is 10.6 Å². The highest BCUT2D eigenvalue weighted by atomic mass is 32.1. The maximum absolute atomic E-state index is 13.2. The zero-order valence-electron chi connectivity index (χ0n) is 6.87. The highest BCUT2D eigenvalue weighted by molar-refractivity contribution is 7.09. The van der Waals surface area contributed by atoms with Gasteiger partial charge in [-0.15, -0.1) is 0 Å². The first-order valence-corrected chi connectivity index (χ1v) is 4.49. The van der Waals surface area contributed by atoms with Gasteiger partial charge in [0, 0.05) is 11.6 Å². The number of nitrogens with zero attached hydrogens (tertiary/aromatic N) is 2. The van der Waals surface area contributed by atoms with Gasteiger partial charge in [0.1, 0.15) is 16.6 Å². The molecular weight excluding hydrogens is 208 g/mol. The van der Waals surface area contributed by atoms with E-state index in [-0.39, 0.29) is 11.5 Å². The second-order valence-electron chi connectivity index (χ2n) is 2.58. The summed E-state index contributed by atoms with van der Waals surface area (Å²) in [5.41, 5.74) is 5.50. The van der Waals surface area contributed by atoms with Crippen LogP contribution in [0.25, 0.3) is 10.6 Å². The molecule has 2 N–H and O–H groups in total. The molecule has 0 bridgehead atoms. The van der Waals surface area contributed by atoms with E-state index in [4.69, 9.17) is 5.73 Å². The molecule has 1 aromatic carbocycles. The van der Waals surface area contributed by atoms with Gasteiger partial charge in [-0.3, -0.25) is 0 Å². The van der Waals surface area contributed by atoms with Crippen molar-refractivity contribution >= 4 is 17.5 Å². The number of aromatic nitrogens is 2. The molecule has 0 unspecified atom stereocenters. The molecule has 2 aromatic rings. The van der Waals surface area contributed by atoms with Gasteiger partial charge in [0.15, 0.2) is 0 Å². The predicted molar refractivity (Wildman–Crippen MR) is 49.7 cm³/mol. The molecule has 1 heterocycles. The first-order valence-electron chi connectivity index (χ1n) is 3.71. The van der Waals surface area contributed by atoms with E-state index in [9.17, 15) is 8.78 Å². The summed E-state index contributed by atoms with van der Waals surface area (Å²) in [6, 6.07) is 3.27. The summed E-state index contributed by atoms with van der Waals surface area (Å²) in [5.74, 6) is -1.20. The normalized spacial score (nSPS) is 10.4. The smallest absolute Gasteiger partial charge is 0.232 e. The highest BCUT2D eigenvalue weighted by Crippen LogP contribution is 2.25. The molecule has 0 aliphatic heterocycles. The number of hydrogen-bond donors (Lipinski definition) is 1. The van der Waals surface area contributed by atoms with Crippen molar-refractivity contribution in [3.63, 3.8) is 0 Å². The third kappa shape index (κ3) is 1.56. The van der Waals surface area contributed by atoms with E-state index in [0.29, 0.717) is 5.01 Å². The lowest BCUT2D eigenvalue weighted by atomic mass is 10.2. The van der Waals surface area contributed by atoms with Crippen LogP contribution >= 0.6 is 11.5 Å². The molecule has 72 valence electrons. The van der Waals surface area contributed by atoms with Crippen LogP contribution in [0.4, 0.5) is 14.7 Å². The summed E-state index contributed by atoms with van der Waals surface area (Å²) in [6.07, 6.45) is 0. The molecular formula is C8H5F2N3S. The molecule has 14 heavy (non-hydrogen) atoms. The van der Waals surface area contributed by atoms with Crippen LogP contribution in [-0.2, 0) is 0 Å². The number of rotatable bonds is 1. The van der Waals surface area contributed by atoms with E-state index in [1.165, 1.54) is 6.07 Å². The molecule has 0 amide bonds. The maximum atomic E-state index is 13.2. The van der Waals surface area contributed by atoms with E-state index >= 15 is 0 Å². The van der Waals surface area contributed by atoms with Crippen LogP contribution in [0.5, 0.6) is 0 Å². The van der Waals surface area contributed by atoms with E-state index in [0.717, 1.165) is 23.7 Å². The van der Waals surface area contributed by atoms with E-state index < -0.39 is 11.6 Å². The summed E-state index contributed by atoms with van der Waals surface area (Å²) in [5, 5.41) is 0.347. The number of halogens is 2. The Morgan fingerprint density at radius 3 is 2.64 bits per heavy atom. The average Bonchev–Trinajstić information content (AvgIpc) is 2.51. The molecule has 0 aliphatic carbocycles. The molecule has 0 aliphatic rings. The fourth-order valence-electron chi connectivity index (χ4n) is 1.01. The standard InChI is InChI=1S/C8H5F2N3S/c9-4-1-2-5(6(10)3-4)7-12-8(11)13-14-7/h1-3H,(H2,11,13). The minimum absolute atomic E-state index is 0.0914. The zero-order valence-corrected chi connectivity index (χ0v) is 7.68. The van der Waals surface area contributed by atoms with Gasteiger partial charge in [-0.2, -0.15) is 9.36 Å². The van der Waals surface area contributed by atoms with Crippen molar-refractivity contribution in [2.24, 2.45) is 0 Å². The summed E-state index contributed by atoms with van der Waals surface area (Å²) in [4.78, 5) is 3.79. The topological polar surface area (TPSA) is 51.8 Å². The Bertz CT molecular complexity index is 469. The van der Waals surface area contributed by atoms with Crippen molar-refractivity contribution in [3.05, 3.63) is 29.8 Å². The van der Waals surface area contributed by atoms with Gasteiger partial charge in [-0.25, -0.2) is 8.78 Å². The SMILES string of the molecule is Nc1nsc(-c2ccc(F)cc2F)n1. The molecule has 2 rings (SSSR count). The Kier molecular flexibility index (Phi) is 2.12. The van der Waals surface area contributed by atoms with Gasteiger partial charge in [-0.1, -0.05) is 0 Å². The number of benzene rings is 1. The molecule has 0 fully saturated rings. The number of nitrogen functional groups attached to an aromatic ring is 1. The molecule has 1 aromatic heterocycles. The number of anilines is 1. The van der Waals surface area contributed by atoms with Crippen molar-refractivity contribution in [1.29, 1.82) is 0 Å². The minimum Gasteiger partial charge on any atom is -0.367 e. The zero-order chi connectivity index (χ0) is 10.1. The van der Waals surface area contributed by atoms with Gasteiger partial charge in [-0.05, 0) is 23.7 Å². The third-order valence-electron chi connectivity index (χ3n) is 1.60. The predicted octanol–water partition coefficient (Wildman–Crippen LogP) is 2.07. The van der Waals surface area contributed by atoms with Crippen LogP contribution in [0.15, 0.2) is 18.2 Å². The Hall–Kier alpha value is -1.56. The maximum Gasteiger partial charge on any atom is 0.232 e. The van der Waals surface area contributed by atoms with Crippen molar-refractivity contribution in [2.75, 3.05) is 5.73 Å². The van der Waals surface area contributed by atoms with Crippen LogP contribution in [0.1, 0.15) is 0 Å². The van der Waals surface area contributed by atoms with Gasteiger partial charge in [0.25, 0.3) is 0 Å². The first-order chi connectivity index (χ1) is 6.66. The van der Waals surface area contributed by atoms with Crippen LogP contribution in [0, 0.1) is 11.6 Å². The van der Waals surface area contributed by atoms with Crippen molar-refractivity contribution in [1.82, 2.24) is 9.36 Å². The molecule has 0 radical (unpaired) electrons. The fourth-order valence-corrected chi connectivity index (χ4v) is 1.63. The molecule has 0 saturated heterocycles. The molecule has 3 nitrogen and oxygen atoms in total. The molecule has 6 heteroatoms. The summed E-state index contributed by atoms with van der Waals surface area (Å²) in [7, 11) is 0. The first kappa shape index (κ1) is 9.01. The Morgan fingerprint density at radius 1 is 1.29 bits per heavy atom. The molecule has 0 spiro atoms. The lowest BCUT2D eigenvalue weighted by Crippen LogP contribution is -1.88. The summed E-state index contributed by atoms with van der Waals surface area (Å²) >= 11 is 0.974. The number of hydrogen-bond acceptors (Lipinski definition) is 4. The monoisotopic (exact) mass is 213 g/mol. The molecule has 0 saturated carbocycles. The molecule has 0 atom stereocenters. The average molecular weight is 213 g/mol. The van der Waals surface area contributed by atoms with Crippen molar-refractivity contribution < 1.29 is 8.78 Å². The lowest BCUT2D eigenvalue weighted by Gasteiger charge is -1.96. The van der Waals surface area contributed by atoms with Crippen LogP contribution in [-0.4, -0.2) is 9.36 Å². The van der Waals surface area contributed by atoms with Crippen LogP contribution in [0.2, 0.25) is 0 Å². The lowest BCUT2D eigenvalue weighted by molar-refractivity contribution is 0.585. The van der Waals surface area contributed by atoms with Gasteiger partial charge in [0.2, 0.25) is 5.95 Å². The quantitative estimate of drug-likeness (QED) is 0.788. The van der Waals surface area contributed by atoms with E-state index in [2.05, 4.69) is 9.36 Å². The third-order valence-corrected chi connectivity index (χ3v) is 2.37. The Morgan fingerprint density at radius 2 is 2.07 bits per heavy atom. The van der Waals surface area contributed by atoms with Gasteiger partial charge < -0.3 is 5.73 Å². The fraction of sp³-hybridized carbons (Fsp3) is 0. The van der Waals surface area contributed by atoms with E-state index in [1.807, 2.05) is 0 Å². The highest BCUT2D eigenvalue weighted by Gasteiger charge is 2.10. The van der Waals surface area contributed by atoms with Gasteiger partial charge >= 0.3 is 0 Å². The second kappa shape index (κ2) is 3.30. The van der Waals surface area contributed by atoms with E-state index in [1.54, 1.807) is 0 Å². The number of nitrogens with two attached hydrogens (primary N) is 1. The van der Waals surface area contributed by atoms with Crippen LogP contribution in [0.3, 0.4) is 0 Å². The summed E-state index contributed by atoms with van der Waals surface area (Å²) in [6.45, 7) is 0. The largest absolute Gasteiger partial charge is 0.367 e. The second-order valence-corrected chi connectivity index (χ2v) is 3.33. The van der Waals surface area contributed by atoms with Gasteiger partial charge in [0.05, 0.1) is 0 Å². The minimum atomic E-state index is -0.666. The Labute approximate surface area is 82.4 Å². The van der Waals surface area contributed by atoms with Crippen LogP contribution < -0.4 is 5.73 Å². The Balaban J connectivity index is 2.52.